The van der Waals surface area contributed by atoms with Crippen molar-refractivity contribution in [3.63, 3.8) is 0 Å². The van der Waals surface area contributed by atoms with Crippen LogP contribution in [0.1, 0.15) is 64.8 Å². The van der Waals surface area contributed by atoms with E-state index in [4.69, 9.17) is 9.47 Å². The molecule has 3 heterocycles. The molecule has 0 aliphatic carbocycles. The van der Waals surface area contributed by atoms with E-state index < -0.39 is 0 Å². The zero-order valence-electron chi connectivity index (χ0n) is 18.2. The van der Waals surface area contributed by atoms with E-state index >= 15 is 0 Å². The smallest absolute Gasteiger partial charge is 0.255 e. The van der Waals surface area contributed by atoms with Crippen molar-refractivity contribution in [1.82, 2.24) is 9.47 Å². The number of likely N-dealkylation sites (tertiary alicyclic amines) is 1. The SMILES string of the molecule is Cc1cc(C(=O)N2CCC(C(=O)c3ccc4c(c3)OCCO4)CC2)c(C)n1C(C)C. The lowest BCUT2D eigenvalue weighted by molar-refractivity contribution is 0.0649. The molecule has 1 amide bonds. The predicted octanol–water partition coefficient (Wildman–Crippen LogP) is 4.19. The number of benzene rings is 1. The lowest BCUT2D eigenvalue weighted by Gasteiger charge is -2.31. The van der Waals surface area contributed by atoms with Crippen LogP contribution in [0.15, 0.2) is 24.3 Å². The van der Waals surface area contributed by atoms with Crippen molar-refractivity contribution in [3.05, 3.63) is 46.8 Å². The average Bonchev–Trinajstić information content (AvgIpc) is 3.06. The molecule has 0 spiro atoms. The van der Waals surface area contributed by atoms with Crippen molar-refractivity contribution in [3.8, 4) is 11.5 Å². The van der Waals surface area contributed by atoms with E-state index in [1.54, 1.807) is 6.07 Å². The molecular formula is C24H30N2O4. The minimum atomic E-state index is -0.0697. The number of rotatable bonds is 4. The van der Waals surface area contributed by atoms with Crippen LogP contribution in [0.2, 0.25) is 0 Å². The number of nitrogens with zero attached hydrogens (tertiary/aromatic N) is 2. The summed E-state index contributed by atoms with van der Waals surface area (Å²) in [5.74, 6) is 1.45. The summed E-state index contributed by atoms with van der Waals surface area (Å²) in [7, 11) is 0. The molecule has 0 radical (unpaired) electrons. The first kappa shape index (κ1) is 20.5. The Labute approximate surface area is 177 Å². The van der Waals surface area contributed by atoms with E-state index in [1.807, 2.05) is 36.9 Å². The van der Waals surface area contributed by atoms with Crippen LogP contribution >= 0.6 is 0 Å². The summed E-state index contributed by atoms with van der Waals surface area (Å²) < 4.78 is 13.3. The number of amides is 1. The third-order valence-electron chi connectivity index (χ3n) is 6.21. The molecule has 6 nitrogen and oxygen atoms in total. The van der Waals surface area contributed by atoms with E-state index in [0.717, 1.165) is 17.0 Å². The molecule has 2 aliphatic heterocycles. The highest BCUT2D eigenvalue weighted by atomic mass is 16.6. The van der Waals surface area contributed by atoms with E-state index in [0.29, 0.717) is 62.2 Å². The highest BCUT2D eigenvalue weighted by molar-refractivity contribution is 5.99. The fourth-order valence-corrected chi connectivity index (χ4v) is 4.74. The van der Waals surface area contributed by atoms with Crippen molar-refractivity contribution >= 4 is 11.7 Å². The Morgan fingerprint density at radius 2 is 1.67 bits per heavy atom. The second kappa shape index (κ2) is 8.17. The molecule has 0 unspecified atom stereocenters. The number of carbonyl (C=O) groups is 2. The molecule has 2 aliphatic rings. The second-order valence-electron chi connectivity index (χ2n) is 8.54. The fourth-order valence-electron chi connectivity index (χ4n) is 4.74. The third-order valence-corrected chi connectivity index (χ3v) is 6.21. The minimum Gasteiger partial charge on any atom is -0.486 e. The molecule has 0 atom stereocenters. The molecule has 1 aromatic carbocycles. The van der Waals surface area contributed by atoms with Crippen LogP contribution in [0.3, 0.4) is 0 Å². The van der Waals surface area contributed by atoms with Gasteiger partial charge in [0, 0.05) is 42.0 Å². The molecule has 0 saturated carbocycles. The van der Waals surface area contributed by atoms with Crippen LogP contribution < -0.4 is 9.47 Å². The molecule has 4 rings (SSSR count). The standard InChI is InChI=1S/C24H30N2O4/c1-15(2)26-16(3)13-20(17(26)4)24(28)25-9-7-18(8-10-25)23(27)19-5-6-21-22(14-19)30-12-11-29-21/h5-6,13-15,18H,7-12H2,1-4H3. The third kappa shape index (κ3) is 3.71. The Bertz CT molecular complexity index is 968. The van der Waals surface area contributed by atoms with Crippen molar-refractivity contribution in [2.45, 2.75) is 46.6 Å². The summed E-state index contributed by atoms with van der Waals surface area (Å²) in [6.45, 7) is 10.6. The van der Waals surface area contributed by atoms with Gasteiger partial charge in [-0.25, -0.2) is 0 Å². The molecule has 30 heavy (non-hydrogen) atoms. The van der Waals surface area contributed by atoms with Crippen LogP contribution in [0, 0.1) is 19.8 Å². The van der Waals surface area contributed by atoms with Gasteiger partial charge in [0.1, 0.15) is 13.2 Å². The molecule has 6 heteroatoms. The van der Waals surface area contributed by atoms with Gasteiger partial charge in [0.25, 0.3) is 5.91 Å². The summed E-state index contributed by atoms with van der Waals surface area (Å²) in [5, 5.41) is 0. The summed E-state index contributed by atoms with van der Waals surface area (Å²) in [6.07, 6.45) is 1.36. The molecule has 1 aromatic heterocycles. The number of carbonyl (C=O) groups excluding carboxylic acids is 2. The van der Waals surface area contributed by atoms with E-state index in [1.165, 1.54) is 0 Å². The molecular weight excluding hydrogens is 380 g/mol. The van der Waals surface area contributed by atoms with Crippen LogP contribution in [-0.2, 0) is 0 Å². The number of piperidine rings is 1. The van der Waals surface area contributed by atoms with Crippen molar-refractivity contribution in [1.29, 1.82) is 0 Å². The van der Waals surface area contributed by atoms with Crippen molar-refractivity contribution in [2.75, 3.05) is 26.3 Å². The van der Waals surface area contributed by atoms with Gasteiger partial charge in [-0.15, -0.1) is 0 Å². The Balaban J connectivity index is 1.42. The Morgan fingerprint density at radius 3 is 2.30 bits per heavy atom. The summed E-state index contributed by atoms with van der Waals surface area (Å²) in [4.78, 5) is 28.0. The maximum absolute atomic E-state index is 13.1. The first-order valence-electron chi connectivity index (χ1n) is 10.8. The number of aromatic nitrogens is 1. The number of ketones is 1. The molecule has 2 aromatic rings. The molecule has 0 N–H and O–H groups in total. The van der Waals surface area contributed by atoms with Crippen LogP contribution in [-0.4, -0.2) is 47.5 Å². The van der Waals surface area contributed by atoms with Gasteiger partial charge >= 0.3 is 0 Å². The van der Waals surface area contributed by atoms with Crippen molar-refractivity contribution < 1.29 is 19.1 Å². The molecule has 1 saturated heterocycles. The fraction of sp³-hybridized carbons (Fsp3) is 0.500. The van der Waals surface area contributed by atoms with Crippen LogP contribution in [0.25, 0.3) is 0 Å². The van der Waals surface area contributed by atoms with Gasteiger partial charge in [0.2, 0.25) is 0 Å². The van der Waals surface area contributed by atoms with Crippen LogP contribution in [0.5, 0.6) is 11.5 Å². The Kier molecular flexibility index (Phi) is 5.58. The lowest BCUT2D eigenvalue weighted by atomic mass is 9.88. The largest absolute Gasteiger partial charge is 0.486 e. The van der Waals surface area contributed by atoms with E-state index in [-0.39, 0.29) is 17.6 Å². The monoisotopic (exact) mass is 410 g/mol. The maximum Gasteiger partial charge on any atom is 0.255 e. The molecule has 160 valence electrons. The van der Waals surface area contributed by atoms with Crippen molar-refractivity contribution in [2.24, 2.45) is 5.92 Å². The zero-order valence-corrected chi connectivity index (χ0v) is 18.2. The Hall–Kier alpha value is -2.76. The highest BCUT2D eigenvalue weighted by Crippen LogP contribution is 2.33. The zero-order chi connectivity index (χ0) is 21.4. The van der Waals surface area contributed by atoms with Gasteiger partial charge in [-0.1, -0.05) is 0 Å². The lowest BCUT2D eigenvalue weighted by Crippen LogP contribution is -2.40. The average molecular weight is 411 g/mol. The summed E-state index contributed by atoms with van der Waals surface area (Å²) in [5.41, 5.74) is 3.55. The second-order valence-corrected chi connectivity index (χ2v) is 8.54. The number of aryl methyl sites for hydroxylation is 1. The highest BCUT2D eigenvalue weighted by Gasteiger charge is 2.30. The predicted molar refractivity (Wildman–Crippen MR) is 115 cm³/mol. The number of fused-ring (bicyclic) bond motifs is 1. The Morgan fingerprint density at radius 1 is 1.00 bits per heavy atom. The molecule has 1 fully saturated rings. The van der Waals surface area contributed by atoms with Gasteiger partial charge in [-0.3, -0.25) is 9.59 Å². The number of hydrogen-bond donors (Lipinski definition) is 0. The maximum atomic E-state index is 13.1. The summed E-state index contributed by atoms with van der Waals surface area (Å²) in [6, 6.07) is 7.72. The first-order valence-corrected chi connectivity index (χ1v) is 10.8. The van der Waals surface area contributed by atoms with Gasteiger partial charge in [0.05, 0.1) is 5.56 Å². The first-order chi connectivity index (χ1) is 14.4. The number of Topliss-reactive ketones (excluding diaryl/α,β-unsaturated/α-hetero) is 1. The van der Waals surface area contributed by atoms with Gasteiger partial charge in [-0.05, 0) is 64.8 Å². The van der Waals surface area contributed by atoms with Crippen LogP contribution in [0.4, 0.5) is 0 Å². The summed E-state index contributed by atoms with van der Waals surface area (Å²) >= 11 is 0. The number of hydrogen-bond acceptors (Lipinski definition) is 4. The van der Waals surface area contributed by atoms with Gasteiger partial charge in [-0.2, -0.15) is 0 Å². The normalized spacial score (nSPS) is 16.8. The van der Waals surface area contributed by atoms with E-state index in [9.17, 15) is 9.59 Å². The van der Waals surface area contributed by atoms with Gasteiger partial charge < -0.3 is 18.9 Å². The topological polar surface area (TPSA) is 60.8 Å². The van der Waals surface area contributed by atoms with Gasteiger partial charge in [0.15, 0.2) is 17.3 Å². The minimum absolute atomic E-state index is 0.0697. The molecule has 0 bridgehead atoms. The number of ether oxygens (including phenoxy) is 2. The van der Waals surface area contributed by atoms with E-state index in [2.05, 4.69) is 18.4 Å². The quantitative estimate of drug-likeness (QED) is 0.709.